The van der Waals surface area contributed by atoms with Crippen molar-refractivity contribution in [2.45, 2.75) is 25.4 Å². The summed E-state index contributed by atoms with van der Waals surface area (Å²) in [5.74, 6) is 0. The molecule has 4 heteroatoms. The molecule has 2 heterocycles. The number of likely N-dealkylation sites (tertiary alicyclic amines) is 1. The number of piperidine rings is 1. The average Bonchev–Trinajstić information content (AvgIpc) is 2.29. The monoisotopic (exact) mass is 253 g/mol. The van der Waals surface area contributed by atoms with E-state index < -0.39 is 0 Å². The zero-order valence-electron chi connectivity index (χ0n) is 10.6. The van der Waals surface area contributed by atoms with Crippen LogP contribution in [0.25, 0.3) is 0 Å². The Morgan fingerprint density at radius 2 is 2.12 bits per heavy atom. The molecule has 1 aromatic heterocycles. The van der Waals surface area contributed by atoms with Gasteiger partial charge in [-0.25, -0.2) is 4.98 Å². The van der Waals surface area contributed by atoms with Crippen molar-refractivity contribution in [2.24, 2.45) is 0 Å². The third kappa shape index (κ3) is 3.66. The second-order valence-electron chi connectivity index (χ2n) is 4.96. The SMILES string of the molecule is CN(C)C1CCN(Cc2ccnc(Cl)c2)CC1. The summed E-state index contributed by atoms with van der Waals surface area (Å²) in [6.07, 6.45) is 4.29. The third-order valence-electron chi connectivity index (χ3n) is 3.48. The Bertz CT molecular complexity index is 359. The van der Waals surface area contributed by atoms with Gasteiger partial charge in [0.05, 0.1) is 0 Å². The van der Waals surface area contributed by atoms with E-state index in [0.29, 0.717) is 5.15 Å². The van der Waals surface area contributed by atoms with Crippen LogP contribution in [0.3, 0.4) is 0 Å². The lowest BCUT2D eigenvalue weighted by atomic mass is 10.0. The number of hydrogen-bond acceptors (Lipinski definition) is 3. The van der Waals surface area contributed by atoms with Gasteiger partial charge in [0, 0.05) is 18.8 Å². The zero-order valence-corrected chi connectivity index (χ0v) is 11.3. The van der Waals surface area contributed by atoms with Crippen LogP contribution in [0.4, 0.5) is 0 Å². The number of aromatic nitrogens is 1. The van der Waals surface area contributed by atoms with E-state index in [1.54, 1.807) is 6.20 Å². The van der Waals surface area contributed by atoms with E-state index >= 15 is 0 Å². The molecular formula is C13H20ClN3. The van der Waals surface area contributed by atoms with Crippen LogP contribution in [-0.2, 0) is 6.54 Å². The fourth-order valence-corrected chi connectivity index (χ4v) is 2.59. The van der Waals surface area contributed by atoms with Gasteiger partial charge in [0.2, 0.25) is 0 Å². The molecule has 0 aromatic carbocycles. The van der Waals surface area contributed by atoms with Gasteiger partial charge >= 0.3 is 0 Å². The summed E-state index contributed by atoms with van der Waals surface area (Å²) in [5.41, 5.74) is 1.26. The minimum absolute atomic E-state index is 0.589. The molecule has 1 aromatic rings. The van der Waals surface area contributed by atoms with Crippen molar-refractivity contribution in [1.82, 2.24) is 14.8 Å². The molecule has 1 aliphatic rings. The van der Waals surface area contributed by atoms with Crippen molar-refractivity contribution in [3.8, 4) is 0 Å². The first-order valence-corrected chi connectivity index (χ1v) is 6.52. The minimum atomic E-state index is 0.589. The first kappa shape index (κ1) is 12.8. The highest BCUT2D eigenvalue weighted by Crippen LogP contribution is 2.17. The summed E-state index contributed by atoms with van der Waals surface area (Å²) in [6.45, 7) is 3.33. The fourth-order valence-electron chi connectivity index (χ4n) is 2.39. The second-order valence-corrected chi connectivity index (χ2v) is 5.34. The predicted molar refractivity (Wildman–Crippen MR) is 71.2 cm³/mol. The molecule has 0 saturated carbocycles. The van der Waals surface area contributed by atoms with E-state index in [9.17, 15) is 0 Å². The van der Waals surface area contributed by atoms with Crippen LogP contribution in [0, 0.1) is 0 Å². The Kier molecular flexibility index (Phi) is 4.37. The zero-order chi connectivity index (χ0) is 12.3. The van der Waals surface area contributed by atoms with E-state index in [-0.39, 0.29) is 0 Å². The third-order valence-corrected chi connectivity index (χ3v) is 3.69. The molecule has 2 rings (SSSR count). The number of rotatable bonds is 3. The van der Waals surface area contributed by atoms with Crippen molar-refractivity contribution >= 4 is 11.6 Å². The van der Waals surface area contributed by atoms with E-state index in [1.165, 1.54) is 31.5 Å². The summed E-state index contributed by atoms with van der Waals surface area (Å²) in [5, 5.41) is 0.589. The number of halogens is 1. The Labute approximate surface area is 108 Å². The van der Waals surface area contributed by atoms with Crippen LogP contribution in [0.2, 0.25) is 5.15 Å². The molecule has 17 heavy (non-hydrogen) atoms. The van der Waals surface area contributed by atoms with Crippen molar-refractivity contribution in [1.29, 1.82) is 0 Å². The van der Waals surface area contributed by atoms with Crippen LogP contribution in [0.1, 0.15) is 18.4 Å². The maximum absolute atomic E-state index is 5.89. The van der Waals surface area contributed by atoms with Crippen LogP contribution in [-0.4, -0.2) is 48.0 Å². The van der Waals surface area contributed by atoms with Crippen molar-refractivity contribution in [3.05, 3.63) is 29.0 Å². The normalized spacial score (nSPS) is 18.8. The number of hydrogen-bond donors (Lipinski definition) is 0. The van der Waals surface area contributed by atoms with Gasteiger partial charge in [-0.3, -0.25) is 4.90 Å². The van der Waals surface area contributed by atoms with Gasteiger partial charge in [0.15, 0.2) is 0 Å². The molecule has 0 amide bonds. The Morgan fingerprint density at radius 1 is 1.41 bits per heavy atom. The fraction of sp³-hybridized carbons (Fsp3) is 0.615. The molecule has 0 bridgehead atoms. The van der Waals surface area contributed by atoms with Gasteiger partial charge in [-0.2, -0.15) is 0 Å². The molecule has 1 fully saturated rings. The smallest absolute Gasteiger partial charge is 0.129 e. The highest BCUT2D eigenvalue weighted by molar-refractivity contribution is 6.29. The molecular weight excluding hydrogens is 234 g/mol. The van der Waals surface area contributed by atoms with E-state index in [4.69, 9.17) is 11.6 Å². The summed E-state index contributed by atoms with van der Waals surface area (Å²) in [6, 6.07) is 4.75. The molecule has 3 nitrogen and oxygen atoms in total. The maximum atomic E-state index is 5.89. The topological polar surface area (TPSA) is 19.4 Å². The largest absolute Gasteiger partial charge is 0.306 e. The van der Waals surface area contributed by atoms with Gasteiger partial charge < -0.3 is 4.90 Å². The van der Waals surface area contributed by atoms with Crippen molar-refractivity contribution in [2.75, 3.05) is 27.2 Å². The lowest BCUT2D eigenvalue weighted by molar-refractivity contribution is 0.140. The molecule has 1 aliphatic heterocycles. The van der Waals surface area contributed by atoms with E-state index in [1.807, 2.05) is 12.1 Å². The van der Waals surface area contributed by atoms with Gasteiger partial charge in [-0.05, 0) is 57.7 Å². The molecule has 0 atom stereocenters. The minimum Gasteiger partial charge on any atom is -0.306 e. The summed E-state index contributed by atoms with van der Waals surface area (Å²) in [7, 11) is 4.34. The molecule has 1 saturated heterocycles. The Hall–Kier alpha value is -0.640. The first-order valence-electron chi connectivity index (χ1n) is 6.14. The van der Waals surface area contributed by atoms with Gasteiger partial charge in [-0.1, -0.05) is 11.6 Å². The number of pyridine rings is 1. The van der Waals surface area contributed by atoms with Crippen LogP contribution in [0.5, 0.6) is 0 Å². The van der Waals surface area contributed by atoms with E-state index in [0.717, 1.165) is 12.6 Å². The van der Waals surface area contributed by atoms with E-state index in [2.05, 4.69) is 28.9 Å². The summed E-state index contributed by atoms with van der Waals surface area (Å²) < 4.78 is 0. The highest BCUT2D eigenvalue weighted by atomic mass is 35.5. The first-order chi connectivity index (χ1) is 8.15. The predicted octanol–water partition coefficient (Wildman–Crippen LogP) is 2.26. The highest BCUT2D eigenvalue weighted by Gasteiger charge is 2.20. The average molecular weight is 254 g/mol. The quantitative estimate of drug-likeness (QED) is 0.771. The molecule has 0 spiro atoms. The molecule has 94 valence electrons. The standard InChI is InChI=1S/C13H20ClN3/c1-16(2)12-4-7-17(8-5-12)10-11-3-6-15-13(14)9-11/h3,6,9,12H,4-5,7-8,10H2,1-2H3. The molecule has 0 unspecified atom stereocenters. The second kappa shape index (κ2) is 5.80. The van der Waals surface area contributed by atoms with Crippen molar-refractivity contribution < 1.29 is 0 Å². The summed E-state index contributed by atoms with van der Waals surface area (Å²) >= 11 is 5.89. The molecule has 0 radical (unpaired) electrons. The molecule has 0 N–H and O–H groups in total. The lowest BCUT2D eigenvalue weighted by Gasteiger charge is -2.35. The van der Waals surface area contributed by atoms with Crippen LogP contribution < -0.4 is 0 Å². The van der Waals surface area contributed by atoms with Gasteiger partial charge in [0.25, 0.3) is 0 Å². The van der Waals surface area contributed by atoms with Crippen molar-refractivity contribution in [3.63, 3.8) is 0 Å². The van der Waals surface area contributed by atoms with Crippen LogP contribution >= 0.6 is 11.6 Å². The van der Waals surface area contributed by atoms with Crippen LogP contribution in [0.15, 0.2) is 18.3 Å². The Balaban J connectivity index is 1.86. The summed E-state index contributed by atoms with van der Waals surface area (Å²) in [4.78, 5) is 8.83. The van der Waals surface area contributed by atoms with Gasteiger partial charge in [0.1, 0.15) is 5.15 Å². The lowest BCUT2D eigenvalue weighted by Crippen LogP contribution is -2.41. The number of nitrogens with zero attached hydrogens (tertiary/aromatic N) is 3. The van der Waals surface area contributed by atoms with Gasteiger partial charge in [-0.15, -0.1) is 0 Å². The Morgan fingerprint density at radius 3 is 2.71 bits per heavy atom. The molecule has 0 aliphatic carbocycles. The maximum Gasteiger partial charge on any atom is 0.129 e.